The van der Waals surface area contributed by atoms with Gasteiger partial charge in [-0.25, -0.2) is 58.6 Å². The molecule has 18 nitrogen and oxygen atoms in total. The largest absolute Gasteiger partial charge is 0.444 e. The summed E-state index contributed by atoms with van der Waals surface area (Å²) in [5.74, 6) is 6.67. The molecule has 4 aliphatic rings. The van der Waals surface area contributed by atoms with Gasteiger partial charge in [0.15, 0.2) is 22.9 Å². The quantitative estimate of drug-likeness (QED) is 0.195. The standard InChI is InChI=1S/C20H25N7O2S.C19H23N7O2S/c1-13-8-17-22-12-23-26(17)10-16(13)24-19-21-9-14-11-29-20(28)27(18(14)25-19)15-4-6-30(2,3)7-5-15;1-12-6-16-21-11-22-25(16)8-15(12)23-18-20-7-13-9-28-19(27)26(17(13)24-18)14-4-5-29(2,3)10-14/h8-10,12,15H,4-7,11H2,1-3H3,(H,21,24,25);6-8,11,14H,4-5,9-10H2,1-3H3,(H,20,23,24). The van der Waals surface area contributed by atoms with Gasteiger partial charge in [0.25, 0.3) is 0 Å². The van der Waals surface area contributed by atoms with E-state index in [1.54, 1.807) is 31.2 Å². The predicted molar refractivity (Wildman–Crippen MR) is 231 cm³/mol. The number of hydrogen-bond acceptors (Lipinski definition) is 14. The summed E-state index contributed by atoms with van der Waals surface area (Å²) < 4.78 is 14.2. The molecule has 20 heteroatoms. The highest BCUT2D eigenvalue weighted by Gasteiger charge is 2.40. The van der Waals surface area contributed by atoms with Crippen LogP contribution in [0, 0.1) is 13.8 Å². The Morgan fingerprint density at radius 1 is 0.644 bits per heavy atom. The zero-order valence-electron chi connectivity index (χ0n) is 34.0. The molecule has 2 saturated heterocycles. The van der Waals surface area contributed by atoms with Crippen LogP contribution in [0.1, 0.15) is 41.5 Å². The SMILES string of the molecule is Cc1cc2ncnn2cc1Nc1ncc2c(n1)N(C1CCS(C)(C)C1)C(=O)OC2.Cc1cc2ncnn2cc1Nc1ncc2c(n1)N(C1CCS(C)(C)CC1)C(=O)OC2. The van der Waals surface area contributed by atoms with E-state index in [-0.39, 0.29) is 37.5 Å². The van der Waals surface area contributed by atoms with Crippen LogP contribution in [-0.2, 0) is 22.7 Å². The van der Waals surface area contributed by atoms with E-state index in [1.807, 2.05) is 38.4 Å². The molecule has 4 aliphatic heterocycles. The molecule has 2 fully saturated rings. The van der Waals surface area contributed by atoms with Crippen LogP contribution in [0.3, 0.4) is 0 Å². The van der Waals surface area contributed by atoms with Gasteiger partial charge in [-0.15, -0.1) is 0 Å². The summed E-state index contributed by atoms with van der Waals surface area (Å²) in [5, 5.41) is 14.9. The van der Waals surface area contributed by atoms with Gasteiger partial charge in [-0.05, 0) is 104 Å². The van der Waals surface area contributed by atoms with Crippen molar-refractivity contribution in [3.05, 3.63) is 71.8 Å². The van der Waals surface area contributed by atoms with E-state index in [4.69, 9.17) is 19.4 Å². The molecule has 1 atom stereocenters. The lowest BCUT2D eigenvalue weighted by atomic mass is 10.1. The molecule has 1 unspecified atom stereocenters. The Bertz CT molecular complexity index is 2590. The van der Waals surface area contributed by atoms with E-state index in [0.717, 1.165) is 87.2 Å². The number of fused-ring (bicyclic) bond motifs is 4. The molecule has 6 aromatic rings. The van der Waals surface area contributed by atoms with Crippen LogP contribution in [0.25, 0.3) is 11.3 Å². The molecule has 310 valence electrons. The second-order valence-electron chi connectivity index (χ2n) is 16.5. The molecular weight excluding hydrogens is 793 g/mol. The minimum Gasteiger partial charge on any atom is -0.444 e. The molecule has 0 bridgehead atoms. The van der Waals surface area contributed by atoms with E-state index in [0.29, 0.717) is 23.5 Å². The topological polar surface area (TPSA) is 195 Å². The molecular formula is C39H48N14O4S2. The summed E-state index contributed by atoms with van der Waals surface area (Å²) in [4.78, 5) is 55.5. The molecule has 2 N–H and O–H groups in total. The van der Waals surface area contributed by atoms with Crippen molar-refractivity contribution >= 4 is 78.4 Å². The Hall–Kier alpha value is -5.76. The van der Waals surface area contributed by atoms with Crippen LogP contribution in [0.4, 0.5) is 44.5 Å². The first-order valence-corrected chi connectivity index (χ1v) is 25.0. The number of anilines is 6. The monoisotopic (exact) mass is 840 g/mol. The van der Waals surface area contributed by atoms with Crippen LogP contribution < -0.4 is 20.4 Å². The zero-order valence-corrected chi connectivity index (χ0v) is 35.6. The average Bonchev–Trinajstić information content (AvgIpc) is 3.95. The average molecular weight is 841 g/mol. The minimum atomic E-state index is -0.674. The Balaban J connectivity index is 0.000000152. The number of aromatic nitrogens is 10. The second kappa shape index (κ2) is 15.1. The van der Waals surface area contributed by atoms with Crippen molar-refractivity contribution in [2.75, 3.05) is 68.5 Å². The van der Waals surface area contributed by atoms with E-state index in [9.17, 15) is 9.59 Å². The van der Waals surface area contributed by atoms with E-state index in [1.165, 1.54) is 12.7 Å². The lowest BCUT2D eigenvalue weighted by Gasteiger charge is -2.43. The van der Waals surface area contributed by atoms with Crippen LogP contribution in [0.2, 0.25) is 0 Å². The number of hydrogen-bond donors (Lipinski definition) is 2. The van der Waals surface area contributed by atoms with E-state index >= 15 is 0 Å². The number of rotatable bonds is 6. The number of ether oxygens (including phenoxy) is 2. The van der Waals surface area contributed by atoms with Crippen molar-refractivity contribution in [1.29, 1.82) is 0 Å². The Morgan fingerprint density at radius 3 is 1.58 bits per heavy atom. The number of carbonyl (C=O) groups excluding carboxylic acids is 2. The van der Waals surface area contributed by atoms with Crippen molar-refractivity contribution < 1.29 is 19.1 Å². The number of pyridine rings is 2. The first-order chi connectivity index (χ1) is 28.3. The maximum atomic E-state index is 12.7. The first kappa shape index (κ1) is 38.7. The highest BCUT2D eigenvalue weighted by atomic mass is 32.3. The van der Waals surface area contributed by atoms with Gasteiger partial charge in [0.05, 0.1) is 40.9 Å². The molecule has 0 spiro atoms. The summed E-state index contributed by atoms with van der Waals surface area (Å²) >= 11 is 0. The van der Waals surface area contributed by atoms with E-state index in [2.05, 4.69) is 65.8 Å². The van der Waals surface area contributed by atoms with Crippen molar-refractivity contribution in [1.82, 2.24) is 49.1 Å². The fourth-order valence-electron chi connectivity index (χ4n) is 7.95. The molecule has 10 rings (SSSR count). The third kappa shape index (κ3) is 7.89. The fourth-order valence-corrected chi connectivity index (χ4v) is 12.4. The number of nitrogens with one attached hydrogen (secondary N) is 2. The van der Waals surface area contributed by atoms with Crippen molar-refractivity contribution in [3.8, 4) is 0 Å². The van der Waals surface area contributed by atoms with Gasteiger partial charge >= 0.3 is 12.2 Å². The Labute approximate surface area is 344 Å². The molecule has 59 heavy (non-hydrogen) atoms. The van der Waals surface area contributed by atoms with Gasteiger partial charge in [0, 0.05) is 18.4 Å². The summed E-state index contributed by atoms with van der Waals surface area (Å²) in [5.41, 5.74) is 6.90. The molecule has 10 heterocycles. The molecule has 6 aromatic heterocycles. The lowest BCUT2D eigenvalue weighted by Crippen LogP contribution is -2.47. The predicted octanol–water partition coefficient (Wildman–Crippen LogP) is 6.12. The van der Waals surface area contributed by atoms with Gasteiger partial charge in [-0.1, -0.05) is 0 Å². The summed E-state index contributed by atoms with van der Waals surface area (Å²) in [6.45, 7) is 4.39. The van der Waals surface area contributed by atoms with Crippen molar-refractivity contribution in [2.24, 2.45) is 0 Å². The number of nitrogens with zero attached hydrogens (tertiary/aromatic N) is 12. The number of aryl methyl sites for hydroxylation is 2. The summed E-state index contributed by atoms with van der Waals surface area (Å²) in [6, 6.07) is 4.14. The Kier molecular flexibility index (Phi) is 9.93. The van der Waals surface area contributed by atoms with E-state index < -0.39 is 20.1 Å². The fraction of sp³-hybridized carbons (Fsp3) is 0.436. The second-order valence-corrected chi connectivity index (χ2v) is 25.2. The van der Waals surface area contributed by atoms with Crippen LogP contribution in [-0.4, -0.2) is 121 Å². The highest BCUT2D eigenvalue weighted by molar-refractivity contribution is 8.33. The first-order valence-electron chi connectivity index (χ1n) is 19.4. The molecule has 2 amide bonds. The summed E-state index contributed by atoms with van der Waals surface area (Å²) in [6.07, 6.45) is 21.9. The Morgan fingerprint density at radius 2 is 1.10 bits per heavy atom. The molecule has 0 radical (unpaired) electrons. The maximum Gasteiger partial charge on any atom is 0.416 e. The van der Waals surface area contributed by atoms with Crippen LogP contribution in [0.15, 0.2) is 49.6 Å². The van der Waals surface area contributed by atoms with Gasteiger partial charge in [-0.2, -0.15) is 20.2 Å². The van der Waals surface area contributed by atoms with Crippen molar-refractivity contribution in [2.45, 2.75) is 58.4 Å². The van der Waals surface area contributed by atoms with Crippen LogP contribution in [0.5, 0.6) is 0 Å². The molecule has 0 aliphatic carbocycles. The third-order valence-corrected chi connectivity index (χ3v) is 16.7. The maximum absolute atomic E-state index is 12.7. The summed E-state index contributed by atoms with van der Waals surface area (Å²) in [7, 11) is -1.23. The highest BCUT2D eigenvalue weighted by Crippen LogP contribution is 2.49. The molecule has 0 aromatic carbocycles. The van der Waals surface area contributed by atoms with Crippen LogP contribution >= 0.6 is 20.1 Å². The lowest BCUT2D eigenvalue weighted by molar-refractivity contribution is 0.137. The van der Waals surface area contributed by atoms with Gasteiger partial charge in [0.1, 0.15) is 25.9 Å². The van der Waals surface area contributed by atoms with Gasteiger partial charge in [0.2, 0.25) is 11.9 Å². The normalized spacial score (nSPS) is 20.8. The third-order valence-electron chi connectivity index (χ3n) is 11.4. The van der Waals surface area contributed by atoms with Crippen molar-refractivity contribution in [3.63, 3.8) is 0 Å². The van der Waals surface area contributed by atoms with Gasteiger partial charge < -0.3 is 20.1 Å². The van der Waals surface area contributed by atoms with Gasteiger partial charge in [-0.3, -0.25) is 9.80 Å². The number of cyclic esters (lactones) is 2. The smallest absolute Gasteiger partial charge is 0.416 e. The zero-order chi connectivity index (χ0) is 41.1. The number of carbonyl (C=O) groups is 2. The minimum absolute atomic E-state index is 0.119. The molecule has 0 saturated carbocycles. The number of amides is 2.